The molecule has 1 heterocycles. The van der Waals surface area contributed by atoms with Crippen molar-refractivity contribution in [2.75, 3.05) is 0 Å². The van der Waals surface area contributed by atoms with Gasteiger partial charge in [0.15, 0.2) is 0 Å². The Morgan fingerprint density at radius 3 is 2.63 bits per heavy atom. The number of rotatable bonds is 3. The SMILES string of the molecule is CC(=O)Oc1ccccc1/C=C1/C(=O)NC(=O)N([C@H]2C[C@H]3CC[C@H]2C3)C1=O. The Morgan fingerprint density at radius 2 is 1.96 bits per heavy atom. The average Bonchev–Trinajstić information content (AvgIpc) is 3.22. The Hall–Kier alpha value is -2.96. The quantitative estimate of drug-likeness (QED) is 0.382. The van der Waals surface area contributed by atoms with Gasteiger partial charge in [-0.2, -0.15) is 0 Å². The van der Waals surface area contributed by atoms with Crippen molar-refractivity contribution in [3.8, 4) is 5.75 Å². The van der Waals surface area contributed by atoms with Crippen LogP contribution in [0.1, 0.15) is 38.2 Å². The number of carbonyl (C=O) groups is 4. The smallest absolute Gasteiger partial charge is 0.331 e. The third-order valence-corrected chi connectivity index (χ3v) is 5.64. The molecule has 1 aromatic rings. The first-order valence-electron chi connectivity index (χ1n) is 9.12. The summed E-state index contributed by atoms with van der Waals surface area (Å²) in [5.41, 5.74) is 0.297. The summed E-state index contributed by atoms with van der Waals surface area (Å²) in [6.45, 7) is 1.28. The van der Waals surface area contributed by atoms with Crippen molar-refractivity contribution in [2.24, 2.45) is 11.8 Å². The van der Waals surface area contributed by atoms with Gasteiger partial charge in [0.1, 0.15) is 11.3 Å². The maximum atomic E-state index is 13.0. The number of hydrogen-bond acceptors (Lipinski definition) is 5. The molecule has 4 amide bonds. The first kappa shape index (κ1) is 17.5. The first-order chi connectivity index (χ1) is 12.9. The van der Waals surface area contributed by atoms with E-state index in [2.05, 4.69) is 5.32 Å². The zero-order valence-electron chi connectivity index (χ0n) is 14.9. The lowest BCUT2D eigenvalue weighted by Gasteiger charge is -2.35. The van der Waals surface area contributed by atoms with Gasteiger partial charge in [-0.25, -0.2) is 4.79 Å². The molecular formula is C20H20N2O5. The van der Waals surface area contributed by atoms with E-state index in [0.717, 1.165) is 25.7 Å². The summed E-state index contributed by atoms with van der Waals surface area (Å²) in [7, 11) is 0. The predicted molar refractivity (Wildman–Crippen MR) is 95.3 cm³/mol. The van der Waals surface area contributed by atoms with Crippen LogP contribution in [0.15, 0.2) is 29.8 Å². The van der Waals surface area contributed by atoms with Crippen molar-refractivity contribution in [3.05, 3.63) is 35.4 Å². The number of fused-ring (bicyclic) bond motifs is 2. The van der Waals surface area contributed by atoms with Gasteiger partial charge in [-0.15, -0.1) is 0 Å². The van der Waals surface area contributed by atoms with Crippen LogP contribution in [0.2, 0.25) is 0 Å². The molecule has 2 aliphatic carbocycles. The topological polar surface area (TPSA) is 92.8 Å². The van der Waals surface area contributed by atoms with E-state index in [1.54, 1.807) is 24.3 Å². The van der Waals surface area contributed by atoms with Crippen LogP contribution in [0.25, 0.3) is 6.08 Å². The van der Waals surface area contributed by atoms with Crippen molar-refractivity contribution in [2.45, 2.75) is 38.6 Å². The zero-order chi connectivity index (χ0) is 19.1. The van der Waals surface area contributed by atoms with Crippen LogP contribution in [0.5, 0.6) is 5.75 Å². The summed E-state index contributed by atoms with van der Waals surface area (Å²) in [5.74, 6) is -0.704. The monoisotopic (exact) mass is 368 g/mol. The number of amides is 4. The molecule has 4 rings (SSSR count). The molecule has 0 radical (unpaired) electrons. The number of imide groups is 2. The molecule has 27 heavy (non-hydrogen) atoms. The Balaban J connectivity index is 1.67. The van der Waals surface area contributed by atoms with Crippen molar-refractivity contribution < 1.29 is 23.9 Å². The molecule has 3 atom stereocenters. The molecular weight excluding hydrogens is 348 g/mol. The molecule has 140 valence electrons. The van der Waals surface area contributed by atoms with Gasteiger partial charge in [0, 0.05) is 18.5 Å². The van der Waals surface area contributed by atoms with Crippen LogP contribution in [-0.2, 0) is 14.4 Å². The number of urea groups is 1. The molecule has 0 aromatic heterocycles. The summed E-state index contributed by atoms with van der Waals surface area (Å²) in [5, 5.41) is 2.28. The van der Waals surface area contributed by atoms with Gasteiger partial charge in [-0.05, 0) is 43.2 Å². The number of carbonyl (C=O) groups excluding carboxylic acids is 4. The second-order valence-corrected chi connectivity index (χ2v) is 7.37. The molecule has 7 heteroatoms. The molecule has 3 fully saturated rings. The fraction of sp³-hybridized carbons (Fsp3) is 0.400. The number of ether oxygens (including phenoxy) is 1. The second kappa shape index (κ2) is 6.64. The molecule has 3 aliphatic rings. The first-order valence-corrected chi connectivity index (χ1v) is 9.12. The highest BCUT2D eigenvalue weighted by atomic mass is 16.5. The highest BCUT2D eigenvalue weighted by molar-refractivity contribution is 6.31. The van der Waals surface area contributed by atoms with Crippen molar-refractivity contribution >= 4 is 29.9 Å². The van der Waals surface area contributed by atoms with E-state index in [9.17, 15) is 19.2 Å². The summed E-state index contributed by atoms with van der Waals surface area (Å²) < 4.78 is 5.14. The molecule has 0 spiro atoms. The van der Waals surface area contributed by atoms with Gasteiger partial charge in [0.25, 0.3) is 11.8 Å². The van der Waals surface area contributed by atoms with E-state index in [4.69, 9.17) is 4.74 Å². The van der Waals surface area contributed by atoms with E-state index in [1.807, 2.05) is 0 Å². The Kier molecular flexibility index (Phi) is 4.30. The molecule has 1 aliphatic heterocycles. The van der Waals surface area contributed by atoms with Gasteiger partial charge >= 0.3 is 12.0 Å². The van der Waals surface area contributed by atoms with Gasteiger partial charge in [0.05, 0.1) is 0 Å². The molecule has 1 aromatic carbocycles. The van der Waals surface area contributed by atoms with E-state index < -0.39 is 23.8 Å². The van der Waals surface area contributed by atoms with E-state index in [-0.39, 0.29) is 17.4 Å². The third kappa shape index (κ3) is 3.13. The van der Waals surface area contributed by atoms with Crippen molar-refractivity contribution in [3.63, 3.8) is 0 Å². The van der Waals surface area contributed by atoms with Gasteiger partial charge in [0.2, 0.25) is 0 Å². The average molecular weight is 368 g/mol. The molecule has 1 N–H and O–H groups in total. The number of nitrogens with one attached hydrogen (secondary N) is 1. The van der Waals surface area contributed by atoms with Crippen LogP contribution >= 0.6 is 0 Å². The Morgan fingerprint density at radius 1 is 1.19 bits per heavy atom. The summed E-state index contributed by atoms with van der Waals surface area (Å²) >= 11 is 0. The fourth-order valence-electron chi connectivity index (χ4n) is 4.50. The summed E-state index contributed by atoms with van der Waals surface area (Å²) in [6, 6.07) is 5.82. The van der Waals surface area contributed by atoms with Gasteiger partial charge in [-0.1, -0.05) is 24.6 Å². The van der Waals surface area contributed by atoms with Crippen LogP contribution < -0.4 is 10.1 Å². The number of benzene rings is 1. The maximum Gasteiger partial charge on any atom is 0.331 e. The van der Waals surface area contributed by atoms with Crippen LogP contribution in [0, 0.1) is 11.8 Å². The Labute approximate surface area is 156 Å². The molecule has 2 bridgehead atoms. The summed E-state index contributed by atoms with van der Waals surface area (Å²) in [4.78, 5) is 50.2. The minimum atomic E-state index is -0.734. The van der Waals surface area contributed by atoms with Crippen LogP contribution in [0.3, 0.4) is 0 Å². The van der Waals surface area contributed by atoms with Crippen LogP contribution in [-0.4, -0.2) is 34.8 Å². The summed E-state index contributed by atoms with van der Waals surface area (Å²) in [6.07, 6.45) is 5.36. The standard InChI is InChI=1S/C20H20N2O5/c1-11(23)27-17-5-3-2-4-14(17)10-15-18(24)21-20(26)22(19(15)25)16-9-12-6-7-13(16)8-12/h2-5,10,12-13,16H,6-9H2,1H3,(H,21,24,26)/b15-10-/t12-,13-,16-/m0/s1. The minimum Gasteiger partial charge on any atom is -0.426 e. The highest BCUT2D eigenvalue weighted by Gasteiger charge is 2.49. The molecule has 1 saturated heterocycles. The maximum absolute atomic E-state index is 13.0. The lowest BCUT2D eigenvalue weighted by molar-refractivity contribution is -0.133. The van der Waals surface area contributed by atoms with Gasteiger partial charge in [-0.3, -0.25) is 24.6 Å². The highest BCUT2D eigenvalue weighted by Crippen LogP contribution is 2.47. The number of hydrogen-bond donors (Lipinski definition) is 1. The van der Waals surface area contributed by atoms with Crippen molar-refractivity contribution in [1.82, 2.24) is 10.2 Å². The number of esters is 1. The lowest BCUT2D eigenvalue weighted by atomic mass is 9.93. The minimum absolute atomic E-state index is 0.128. The number of barbiturate groups is 1. The van der Waals surface area contributed by atoms with Gasteiger partial charge < -0.3 is 4.74 Å². The number of para-hydroxylation sites is 1. The normalized spacial score (nSPS) is 28.6. The molecule has 7 nitrogen and oxygen atoms in total. The fourth-order valence-corrected chi connectivity index (χ4v) is 4.50. The van der Waals surface area contributed by atoms with E-state index in [1.165, 1.54) is 17.9 Å². The molecule has 0 unspecified atom stereocenters. The number of nitrogens with zero attached hydrogens (tertiary/aromatic N) is 1. The van der Waals surface area contributed by atoms with Crippen LogP contribution in [0.4, 0.5) is 4.79 Å². The largest absolute Gasteiger partial charge is 0.426 e. The molecule has 2 saturated carbocycles. The lowest BCUT2D eigenvalue weighted by Crippen LogP contribution is -2.58. The van der Waals surface area contributed by atoms with E-state index in [0.29, 0.717) is 17.4 Å². The van der Waals surface area contributed by atoms with E-state index >= 15 is 0 Å². The second-order valence-electron chi connectivity index (χ2n) is 7.37. The third-order valence-electron chi connectivity index (χ3n) is 5.64. The Bertz CT molecular complexity index is 875. The predicted octanol–water partition coefficient (Wildman–Crippen LogP) is 2.26. The zero-order valence-corrected chi connectivity index (χ0v) is 14.9. The van der Waals surface area contributed by atoms with Crippen molar-refractivity contribution in [1.29, 1.82) is 0 Å².